The van der Waals surface area contributed by atoms with E-state index in [1.54, 1.807) is 29.2 Å². The highest BCUT2D eigenvalue weighted by Gasteiger charge is 2.39. The fourth-order valence-electron chi connectivity index (χ4n) is 4.40. The summed E-state index contributed by atoms with van der Waals surface area (Å²) in [4.78, 5) is 27.1. The van der Waals surface area contributed by atoms with E-state index in [1.165, 1.54) is 23.0 Å². The molecular formula is C25H22FN3O4. The van der Waals surface area contributed by atoms with Gasteiger partial charge in [-0.05, 0) is 24.6 Å². The molecule has 1 aromatic heterocycles. The van der Waals surface area contributed by atoms with Crippen LogP contribution in [0.2, 0.25) is 0 Å². The van der Waals surface area contributed by atoms with E-state index < -0.39 is 28.9 Å². The van der Waals surface area contributed by atoms with Crippen LogP contribution in [-0.2, 0) is 0 Å². The molecule has 2 aliphatic heterocycles. The molecule has 3 aromatic rings. The molecule has 33 heavy (non-hydrogen) atoms. The zero-order chi connectivity index (χ0) is 23.1. The lowest BCUT2D eigenvalue weighted by Gasteiger charge is -2.45. The molecule has 168 valence electrons. The first-order valence-corrected chi connectivity index (χ1v) is 10.6. The first-order valence-electron chi connectivity index (χ1n) is 10.6. The van der Waals surface area contributed by atoms with E-state index in [2.05, 4.69) is 0 Å². The van der Waals surface area contributed by atoms with Crippen molar-refractivity contribution in [1.82, 2.24) is 9.58 Å². The third-order valence-electron chi connectivity index (χ3n) is 6.03. The summed E-state index contributed by atoms with van der Waals surface area (Å²) in [5, 5.41) is 12.4. The molecule has 0 fully saturated rings. The van der Waals surface area contributed by atoms with E-state index in [1.807, 2.05) is 42.3 Å². The Morgan fingerprint density at radius 3 is 2.64 bits per heavy atom. The number of fused-ring (bicyclic) bond motifs is 5. The van der Waals surface area contributed by atoms with Crippen LogP contribution >= 0.6 is 0 Å². The van der Waals surface area contributed by atoms with Crippen molar-refractivity contribution < 1.29 is 19.0 Å². The van der Waals surface area contributed by atoms with Crippen LogP contribution in [0.4, 0.5) is 4.39 Å². The van der Waals surface area contributed by atoms with Crippen LogP contribution in [0.1, 0.15) is 34.6 Å². The van der Waals surface area contributed by atoms with Crippen LogP contribution < -0.4 is 15.2 Å². The van der Waals surface area contributed by atoms with Crippen molar-refractivity contribution in [1.29, 1.82) is 0 Å². The first kappa shape index (κ1) is 20.8. The van der Waals surface area contributed by atoms with Crippen molar-refractivity contribution in [2.45, 2.75) is 19.0 Å². The molecule has 2 bridgehead atoms. The van der Waals surface area contributed by atoms with Gasteiger partial charge >= 0.3 is 0 Å². The van der Waals surface area contributed by atoms with Crippen LogP contribution in [-0.4, -0.2) is 39.9 Å². The largest absolute Gasteiger partial charge is 0.502 e. The molecule has 0 saturated heterocycles. The van der Waals surface area contributed by atoms with Gasteiger partial charge < -0.3 is 14.7 Å². The molecule has 8 heteroatoms. The van der Waals surface area contributed by atoms with Crippen LogP contribution in [0.15, 0.2) is 77.7 Å². The molecule has 2 atom stereocenters. The first-order chi connectivity index (χ1) is 16.0. The van der Waals surface area contributed by atoms with E-state index in [0.717, 1.165) is 5.56 Å². The second kappa shape index (κ2) is 8.12. The van der Waals surface area contributed by atoms with Gasteiger partial charge in [0.05, 0.1) is 0 Å². The number of pyridine rings is 1. The lowest BCUT2D eigenvalue weighted by atomic mass is 9.96. The van der Waals surface area contributed by atoms with Crippen molar-refractivity contribution in [2.24, 2.45) is 0 Å². The number of hydrogen-bond acceptors (Lipinski definition) is 5. The molecule has 2 aromatic carbocycles. The quantitative estimate of drug-likeness (QED) is 0.580. The number of aromatic hydroxyl groups is 1. The number of aromatic nitrogens is 1. The van der Waals surface area contributed by atoms with Gasteiger partial charge in [-0.3, -0.25) is 19.3 Å². The van der Waals surface area contributed by atoms with Crippen molar-refractivity contribution in [3.63, 3.8) is 0 Å². The van der Waals surface area contributed by atoms with Gasteiger partial charge in [-0.2, -0.15) is 0 Å². The Labute approximate surface area is 189 Å². The number of carbonyl (C=O) groups excluding carboxylic acids is 1. The summed E-state index contributed by atoms with van der Waals surface area (Å²) in [5.74, 6) is -1.47. The second-order valence-electron chi connectivity index (χ2n) is 8.03. The Morgan fingerprint density at radius 1 is 1.06 bits per heavy atom. The number of hydrogen-bond donors (Lipinski definition) is 1. The predicted molar refractivity (Wildman–Crippen MR) is 120 cm³/mol. The summed E-state index contributed by atoms with van der Waals surface area (Å²) < 4.78 is 22.3. The molecule has 5 rings (SSSR count). The smallest absolute Gasteiger partial charge is 0.278 e. The standard InChI is InChI=1S/C25H22FN3O4/c1-16-7-6-14-33-24-18(10-5-11-19(24)26)21(17-8-3-2-4-9-17)29-15-27(16)25(32)22-23(31)20(30)12-13-28(22)29/h2-13,16,21,31H,14-15H2,1H3/b7-6-/t16-,21-/m1/s1. The SMILES string of the molecule is C[C@@H]1/C=C\COc2c(F)cccc2[C@@H](c2ccccc2)N2CN1C(=O)c1c(O)c(=O)ccn12. The van der Waals surface area contributed by atoms with Crippen molar-refractivity contribution >= 4 is 5.91 Å². The highest BCUT2D eigenvalue weighted by Crippen LogP contribution is 2.38. The second-order valence-corrected chi connectivity index (χ2v) is 8.03. The fourth-order valence-corrected chi connectivity index (χ4v) is 4.40. The van der Waals surface area contributed by atoms with Crippen LogP contribution in [0, 0.1) is 5.82 Å². The lowest BCUT2D eigenvalue weighted by Crippen LogP contribution is -2.57. The van der Waals surface area contributed by atoms with Crippen LogP contribution in [0.3, 0.4) is 0 Å². The van der Waals surface area contributed by atoms with Gasteiger partial charge in [0.2, 0.25) is 5.43 Å². The lowest BCUT2D eigenvalue weighted by molar-refractivity contribution is 0.0643. The summed E-state index contributed by atoms with van der Waals surface area (Å²) in [6.07, 6.45) is 4.98. The Morgan fingerprint density at radius 2 is 1.85 bits per heavy atom. The number of benzene rings is 2. The average molecular weight is 447 g/mol. The molecule has 1 amide bonds. The van der Waals surface area contributed by atoms with Gasteiger partial charge in [-0.25, -0.2) is 4.39 Å². The van der Waals surface area contributed by atoms with Crippen molar-refractivity contribution in [3.05, 3.63) is 106 Å². The molecule has 0 aliphatic carbocycles. The number of carbonyl (C=O) groups is 1. The van der Waals surface area contributed by atoms with Gasteiger partial charge in [0.1, 0.15) is 19.3 Å². The molecule has 7 nitrogen and oxygen atoms in total. The zero-order valence-electron chi connectivity index (χ0n) is 17.9. The van der Waals surface area contributed by atoms with E-state index in [9.17, 15) is 19.1 Å². The molecule has 0 saturated carbocycles. The average Bonchev–Trinajstić information content (AvgIpc) is 2.84. The minimum atomic E-state index is -0.644. The fraction of sp³-hybridized carbons (Fsp3) is 0.200. The molecule has 2 aliphatic rings. The topological polar surface area (TPSA) is 75.0 Å². The molecule has 3 heterocycles. The van der Waals surface area contributed by atoms with Gasteiger partial charge in [-0.1, -0.05) is 48.5 Å². The number of nitrogens with zero attached hydrogens (tertiary/aromatic N) is 3. The minimum absolute atomic E-state index is 0.112. The van der Waals surface area contributed by atoms with E-state index in [4.69, 9.17) is 4.74 Å². The third-order valence-corrected chi connectivity index (χ3v) is 6.03. The number of halogens is 1. The molecule has 0 radical (unpaired) electrons. The maximum absolute atomic E-state index is 15.0. The van der Waals surface area contributed by atoms with Crippen LogP contribution in [0.5, 0.6) is 11.5 Å². The summed E-state index contributed by atoms with van der Waals surface area (Å²) in [6, 6.07) is 14.4. The Bertz CT molecular complexity index is 1300. The number of rotatable bonds is 1. The van der Waals surface area contributed by atoms with Gasteiger partial charge in [-0.15, -0.1) is 0 Å². The summed E-state index contributed by atoms with van der Waals surface area (Å²) >= 11 is 0. The summed E-state index contributed by atoms with van der Waals surface area (Å²) in [6.45, 7) is 2.09. The zero-order valence-corrected chi connectivity index (χ0v) is 17.9. The van der Waals surface area contributed by atoms with E-state index >= 15 is 0 Å². The Kier molecular flexibility index (Phi) is 5.12. The van der Waals surface area contributed by atoms with Gasteiger partial charge in [0.15, 0.2) is 23.0 Å². The summed E-state index contributed by atoms with van der Waals surface area (Å²) in [5.41, 5.74) is 0.608. The Balaban J connectivity index is 1.83. The molecule has 0 unspecified atom stereocenters. The van der Waals surface area contributed by atoms with Crippen molar-refractivity contribution in [2.75, 3.05) is 18.3 Å². The van der Waals surface area contributed by atoms with E-state index in [0.29, 0.717) is 5.56 Å². The normalized spacial score (nSPS) is 20.8. The molecule has 0 spiro atoms. The monoisotopic (exact) mass is 447 g/mol. The maximum Gasteiger partial charge on any atom is 0.278 e. The van der Waals surface area contributed by atoms with Gasteiger partial charge in [0.25, 0.3) is 5.91 Å². The highest BCUT2D eigenvalue weighted by molar-refractivity contribution is 5.96. The number of ether oxygens (including phenoxy) is 1. The number of para-hydroxylation sites is 1. The minimum Gasteiger partial charge on any atom is -0.502 e. The third kappa shape index (κ3) is 3.44. The molecule has 1 N–H and O–H groups in total. The van der Waals surface area contributed by atoms with Crippen molar-refractivity contribution in [3.8, 4) is 11.5 Å². The summed E-state index contributed by atoms with van der Waals surface area (Å²) in [7, 11) is 0. The highest BCUT2D eigenvalue weighted by atomic mass is 19.1. The number of amides is 1. The molecular weight excluding hydrogens is 425 g/mol. The Hall–Kier alpha value is -4.07. The van der Waals surface area contributed by atoms with Crippen LogP contribution in [0.25, 0.3) is 0 Å². The predicted octanol–water partition coefficient (Wildman–Crippen LogP) is 3.17. The van der Waals surface area contributed by atoms with E-state index in [-0.39, 0.29) is 30.8 Å². The maximum atomic E-state index is 15.0. The van der Waals surface area contributed by atoms with Gasteiger partial charge in [0, 0.05) is 23.9 Å².